The summed E-state index contributed by atoms with van der Waals surface area (Å²) in [5.41, 5.74) is 8.10. The van der Waals surface area contributed by atoms with Crippen LogP contribution in [-0.4, -0.2) is 111 Å². The molecular formula is C55H65N9O9. The van der Waals surface area contributed by atoms with Crippen molar-refractivity contribution in [1.82, 2.24) is 45.3 Å². The van der Waals surface area contributed by atoms with Crippen molar-refractivity contribution in [1.29, 1.82) is 0 Å². The van der Waals surface area contributed by atoms with Gasteiger partial charge in [-0.2, -0.15) is 0 Å². The molecule has 5 amide bonds. The number of benzene rings is 3. The van der Waals surface area contributed by atoms with Crippen LogP contribution in [0.1, 0.15) is 102 Å². The van der Waals surface area contributed by atoms with Crippen molar-refractivity contribution in [2.45, 2.75) is 104 Å². The van der Waals surface area contributed by atoms with Crippen molar-refractivity contribution < 1.29 is 42.9 Å². The number of fused-ring (bicyclic) bond motifs is 2. The van der Waals surface area contributed by atoms with Gasteiger partial charge in [0.05, 0.1) is 50.1 Å². The van der Waals surface area contributed by atoms with Crippen molar-refractivity contribution in [3.8, 4) is 45.1 Å². The maximum atomic E-state index is 14.6. The molecule has 2 aromatic heterocycles. The van der Waals surface area contributed by atoms with Gasteiger partial charge in [-0.25, -0.2) is 19.6 Å². The van der Waals surface area contributed by atoms with Crippen molar-refractivity contribution >= 4 is 29.9 Å². The fourth-order valence-electron chi connectivity index (χ4n) is 10.3. The predicted octanol–water partition coefficient (Wildman–Crippen LogP) is 8.45. The van der Waals surface area contributed by atoms with E-state index >= 15 is 0 Å². The molecule has 5 heterocycles. The van der Waals surface area contributed by atoms with E-state index in [2.05, 4.69) is 39.3 Å². The average molecular weight is 996 g/mol. The molecule has 1 saturated heterocycles. The van der Waals surface area contributed by atoms with Crippen LogP contribution >= 0.6 is 0 Å². The van der Waals surface area contributed by atoms with Crippen molar-refractivity contribution in [2.75, 3.05) is 34.1 Å². The lowest BCUT2D eigenvalue weighted by atomic mass is 10.00. The zero-order valence-corrected chi connectivity index (χ0v) is 42.6. The number of hydrogen-bond donors (Lipinski definition) is 4. The molecule has 1 saturated carbocycles. The molecule has 1 aliphatic carbocycles. The number of aromatic amines is 2. The Labute approximate surface area is 425 Å². The van der Waals surface area contributed by atoms with Gasteiger partial charge < -0.3 is 54.2 Å². The van der Waals surface area contributed by atoms with Crippen LogP contribution in [0.5, 0.6) is 11.5 Å². The largest absolute Gasteiger partial charge is 0.454 e. The standard InChI is InChI=1S/C55H65N9O9/c1-9-42(63(51(66)47(31(2)3)60-53(68)70-7)26-33(6)20-46(65)62-27-38-21-44-45(73-30-72-44)22-39(38)28-62)49-56-24-40(58-49)36-14-10-34(11-15-36)35-12-16-37(17-13-35)41-25-57-50(59-41)43-23-55(18-19-55)29-64(43)52(67)48(32(4)5)61-54(69)71-8/h10-17,21-22,24-25,31-32,42-43,47-48H,6,9,18-20,23,26-30H2,1-5,7-8H3,(H,56,58)(H,57,59)(H,60,68)(H,61,69)/t42?,43-,47-,48-/m0/s1. The molecule has 1 spiro atoms. The number of nitrogens with one attached hydrogen (secondary N) is 4. The smallest absolute Gasteiger partial charge is 0.407 e. The van der Waals surface area contributed by atoms with Crippen molar-refractivity contribution in [2.24, 2.45) is 17.3 Å². The number of amides is 5. The van der Waals surface area contributed by atoms with Gasteiger partial charge in [-0.3, -0.25) is 14.4 Å². The van der Waals surface area contributed by atoms with Gasteiger partial charge >= 0.3 is 12.2 Å². The Hall–Kier alpha value is -7.63. The minimum absolute atomic E-state index is 0.0162. The van der Waals surface area contributed by atoms with Crippen LogP contribution in [0.4, 0.5) is 9.59 Å². The third-order valence-corrected chi connectivity index (χ3v) is 14.7. The Balaban J connectivity index is 0.877. The second-order valence-electron chi connectivity index (χ2n) is 20.5. The lowest BCUT2D eigenvalue weighted by molar-refractivity contribution is -0.137. The third kappa shape index (κ3) is 10.6. The van der Waals surface area contributed by atoms with Gasteiger partial charge in [-0.15, -0.1) is 0 Å². The van der Waals surface area contributed by atoms with Crippen LogP contribution in [-0.2, 0) is 36.9 Å². The van der Waals surface area contributed by atoms with Crippen LogP contribution in [0.2, 0.25) is 0 Å². The minimum Gasteiger partial charge on any atom is -0.454 e. The lowest BCUT2D eigenvalue weighted by Gasteiger charge is -2.35. The molecule has 4 atom stereocenters. The molecule has 4 N–H and O–H groups in total. The number of H-pyrrole nitrogens is 2. The number of carbonyl (C=O) groups excluding carboxylic acids is 5. The molecule has 4 aliphatic rings. The van der Waals surface area contributed by atoms with Crippen LogP contribution in [0, 0.1) is 17.3 Å². The molecule has 9 rings (SSSR count). The Bertz CT molecular complexity index is 2850. The summed E-state index contributed by atoms with van der Waals surface area (Å²) in [4.78, 5) is 88.8. The van der Waals surface area contributed by atoms with Crippen molar-refractivity contribution in [3.63, 3.8) is 0 Å². The first-order valence-corrected chi connectivity index (χ1v) is 25.0. The second kappa shape index (κ2) is 20.8. The normalized spacial score (nSPS) is 17.3. The maximum Gasteiger partial charge on any atom is 0.407 e. The van der Waals surface area contributed by atoms with Crippen LogP contribution < -0.4 is 20.1 Å². The molecule has 3 aliphatic heterocycles. The third-order valence-electron chi connectivity index (χ3n) is 14.7. The molecule has 73 heavy (non-hydrogen) atoms. The first-order valence-electron chi connectivity index (χ1n) is 25.0. The first kappa shape index (κ1) is 50.3. The lowest BCUT2D eigenvalue weighted by Crippen LogP contribution is -2.52. The van der Waals surface area contributed by atoms with Gasteiger partial charge in [-0.05, 0) is 94.0 Å². The number of alkyl carbamates (subject to hydrolysis) is 2. The number of carbonyl (C=O) groups is 5. The number of imidazole rings is 2. The number of methoxy groups -OCH3 is 2. The second-order valence-corrected chi connectivity index (χ2v) is 20.5. The van der Waals surface area contributed by atoms with E-state index in [0.717, 1.165) is 69.9 Å². The Morgan fingerprint density at radius 3 is 1.86 bits per heavy atom. The molecular weight excluding hydrogens is 931 g/mol. The summed E-state index contributed by atoms with van der Waals surface area (Å²) in [5, 5.41) is 5.46. The Morgan fingerprint density at radius 2 is 1.33 bits per heavy atom. The van der Waals surface area contributed by atoms with Crippen LogP contribution in [0.3, 0.4) is 0 Å². The topological polar surface area (TPSA) is 213 Å². The maximum absolute atomic E-state index is 14.6. The molecule has 2 fully saturated rings. The Kier molecular flexibility index (Phi) is 14.4. The molecule has 384 valence electrons. The van der Waals surface area contributed by atoms with E-state index in [9.17, 15) is 24.0 Å². The van der Waals surface area contributed by atoms with Gasteiger partial charge in [0.15, 0.2) is 11.5 Å². The quantitative estimate of drug-likeness (QED) is 0.0649. The number of hydrogen-bond acceptors (Lipinski definition) is 11. The highest BCUT2D eigenvalue weighted by molar-refractivity contribution is 5.88. The Morgan fingerprint density at radius 1 is 0.795 bits per heavy atom. The SMILES string of the molecule is C=C(CC(=O)N1Cc2cc3c(cc2C1)OCO3)CN(C(=O)[C@@H](NC(=O)OC)C(C)C)C(CC)c1ncc(-c2ccc(-c3ccc(-c4cnc([C@@H]5CC6(CC6)CN5C(=O)[C@@H](NC(=O)OC)C(C)C)[nH]4)cc3)cc2)[nH]1. The van der Waals surface area contributed by atoms with E-state index in [0.29, 0.717) is 49.0 Å². The summed E-state index contributed by atoms with van der Waals surface area (Å²) in [6.45, 7) is 15.5. The monoisotopic (exact) mass is 995 g/mol. The average Bonchev–Trinajstić information content (AvgIpc) is 4.04. The number of rotatable bonds is 17. The number of ether oxygens (including phenoxy) is 4. The molecule has 18 nitrogen and oxygen atoms in total. The summed E-state index contributed by atoms with van der Waals surface area (Å²) < 4.78 is 20.8. The minimum atomic E-state index is -0.922. The number of likely N-dealkylation sites (tertiary alicyclic amines) is 1. The molecule has 18 heteroatoms. The molecule has 3 aromatic carbocycles. The van der Waals surface area contributed by atoms with Gasteiger partial charge in [0, 0.05) is 32.6 Å². The summed E-state index contributed by atoms with van der Waals surface area (Å²) in [5.74, 6) is 1.60. The van der Waals surface area contributed by atoms with Gasteiger partial charge in [0.25, 0.3) is 0 Å². The van der Waals surface area contributed by atoms with Gasteiger partial charge in [-0.1, -0.05) is 89.7 Å². The molecule has 1 unspecified atom stereocenters. The summed E-state index contributed by atoms with van der Waals surface area (Å²) in [6, 6.07) is 17.8. The zero-order chi connectivity index (χ0) is 51.7. The zero-order valence-electron chi connectivity index (χ0n) is 42.6. The molecule has 0 radical (unpaired) electrons. The highest BCUT2D eigenvalue weighted by atomic mass is 16.7. The van der Waals surface area contributed by atoms with E-state index in [4.69, 9.17) is 28.9 Å². The molecule has 5 aromatic rings. The summed E-state index contributed by atoms with van der Waals surface area (Å²) in [7, 11) is 2.55. The van der Waals surface area contributed by atoms with E-state index in [1.807, 2.05) is 94.2 Å². The summed E-state index contributed by atoms with van der Waals surface area (Å²) >= 11 is 0. The first-order chi connectivity index (χ1) is 35.1. The highest BCUT2D eigenvalue weighted by Crippen LogP contribution is 2.58. The number of aromatic nitrogens is 4. The van der Waals surface area contributed by atoms with E-state index < -0.39 is 30.3 Å². The van der Waals surface area contributed by atoms with Crippen molar-refractivity contribution in [3.05, 3.63) is 108 Å². The molecule has 0 bridgehead atoms. The highest BCUT2D eigenvalue weighted by Gasteiger charge is 2.55. The van der Waals surface area contributed by atoms with Gasteiger partial charge in [0.1, 0.15) is 23.7 Å². The fraction of sp³-hybridized carbons (Fsp3) is 0.436. The van der Waals surface area contributed by atoms with E-state index in [1.54, 1.807) is 16.0 Å². The fourth-order valence-corrected chi connectivity index (χ4v) is 10.3. The van der Waals surface area contributed by atoms with E-state index in [-0.39, 0.29) is 60.8 Å². The van der Waals surface area contributed by atoms with Gasteiger partial charge in [0.2, 0.25) is 24.5 Å². The summed E-state index contributed by atoms with van der Waals surface area (Å²) in [6.07, 6.45) is 5.65. The van der Waals surface area contributed by atoms with Crippen LogP contribution in [0.15, 0.2) is 85.2 Å². The predicted molar refractivity (Wildman–Crippen MR) is 271 cm³/mol. The van der Waals surface area contributed by atoms with E-state index in [1.165, 1.54) is 14.2 Å². The van der Waals surface area contributed by atoms with Crippen LogP contribution in [0.25, 0.3) is 33.6 Å². The number of nitrogens with zero attached hydrogens (tertiary/aromatic N) is 5.